The molecule has 10 nitrogen and oxygen atoms in total. The number of ether oxygens (including phenoxy) is 5. The molecule has 1 aromatic carbocycles. The summed E-state index contributed by atoms with van der Waals surface area (Å²) in [6.45, 7) is 4.12. The highest BCUT2D eigenvalue weighted by Gasteiger charge is 2.32. The number of hydrogen-bond donors (Lipinski definition) is 2. The van der Waals surface area contributed by atoms with Crippen LogP contribution in [0.25, 0.3) is 0 Å². The van der Waals surface area contributed by atoms with Gasteiger partial charge in [-0.3, -0.25) is 4.99 Å². The van der Waals surface area contributed by atoms with Crippen molar-refractivity contribution in [3.63, 3.8) is 0 Å². The van der Waals surface area contributed by atoms with Gasteiger partial charge < -0.3 is 34.7 Å². The van der Waals surface area contributed by atoms with E-state index in [2.05, 4.69) is 20.3 Å². The summed E-state index contributed by atoms with van der Waals surface area (Å²) in [6, 6.07) is 1.12. The van der Waals surface area contributed by atoms with Gasteiger partial charge in [0.2, 0.25) is 5.95 Å². The highest BCUT2D eigenvalue weighted by molar-refractivity contribution is 5.82. The Labute approximate surface area is 195 Å². The van der Waals surface area contributed by atoms with Crippen molar-refractivity contribution in [1.29, 1.82) is 0 Å². The molecule has 1 aliphatic rings. The number of aromatic nitrogens is 2. The van der Waals surface area contributed by atoms with Crippen molar-refractivity contribution >= 4 is 12.2 Å². The highest BCUT2D eigenvalue weighted by Crippen LogP contribution is 2.32. The molecule has 2 heterocycles. The van der Waals surface area contributed by atoms with Gasteiger partial charge in [0.25, 0.3) is 0 Å². The fraction of sp³-hybridized carbons (Fsp3) is 0.409. The van der Waals surface area contributed by atoms with Crippen LogP contribution in [-0.4, -0.2) is 55.4 Å². The van der Waals surface area contributed by atoms with Crippen LogP contribution in [0.15, 0.2) is 35.3 Å². The quantitative estimate of drug-likeness (QED) is 0.495. The van der Waals surface area contributed by atoms with Crippen molar-refractivity contribution in [2.24, 2.45) is 10.7 Å². The predicted molar refractivity (Wildman–Crippen MR) is 120 cm³/mol. The molecular weight excluding hydrogens is 452 g/mol. The van der Waals surface area contributed by atoms with Gasteiger partial charge in [-0.15, -0.1) is 0 Å². The maximum absolute atomic E-state index is 14.5. The summed E-state index contributed by atoms with van der Waals surface area (Å²) in [4.78, 5) is 12.5. The third-order valence-electron chi connectivity index (χ3n) is 4.72. The van der Waals surface area contributed by atoms with E-state index in [9.17, 15) is 8.78 Å². The summed E-state index contributed by atoms with van der Waals surface area (Å²) >= 11 is 0. The maximum atomic E-state index is 14.5. The van der Waals surface area contributed by atoms with E-state index in [1.54, 1.807) is 0 Å². The van der Waals surface area contributed by atoms with E-state index >= 15 is 0 Å². The van der Waals surface area contributed by atoms with Gasteiger partial charge in [-0.2, -0.15) is 0 Å². The molecule has 1 aliphatic heterocycles. The number of anilines is 1. The summed E-state index contributed by atoms with van der Waals surface area (Å²) in [5.74, 6) is -2.28. The highest BCUT2D eigenvalue weighted by atomic mass is 19.1. The van der Waals surface area contributed by atoms with E-state index < -0.39 is 24.0 Å². The Hall–Kier alpha value is -3.51. The van der Waals surface area contributed by atoms with E-state index in [1.807, 2.05) is 13.8 Å². The van der Waals surface area contributed by atoms with Crippen molar-refractivity contribution < 1.29 is 32.5 Å². The molecule has 34 heavy (non-hydrogen) atoms. The SMILES string of the molecule is COc1cc(OC)c(F)c(COc2cnc(NC(C=NC[C@H]3COC(C)(C)O3)=CN)nc2)c1F. The monoisotopic (exact) mass is 479 g/mol. The Morgan fingerprint density at radius 1 is 1.24 bits per heavy atom. The molecule has 184 valence electrons. The van der Waals surface area contributed by atoms with Gasteiger partial charge in [0, 0.05) is 18.5 Å². The number of nitrogens with one attached hydrogen (secondary N) is 1. The van der Waals surface area contributed by atoms with Gasteiger partial charge in [-0.1, -0.05) is 0 Å². The van der Waals surface area contributed by atoms with Gasteiger partial charge in [-0.25, -0.2) is 18.7 Å². The lowest BCUT2D eigenvalue weighted by Gasteiger charge is -2.16. The molecular formula is C22H27F2N5O5. The number of rotatable bonds is 10. The number of aliphatic imine (C=N–C) groups is 1. The number of benzene rings is 1. The lowest BCUT2D eigenvalue weighted by molar-refractivity contribution is -0.137. The fourth-order valence-electron chi connectivity index (χ4n) is 3.04. The third-order valence-corrected chi connectivity index (χ3v) is 4.72. The topological polar surface area (TPSA) is 122 Å². The number of allylic oxidation sites excluding steroid dienone is 1. The van der Waals surface area contributed by atoms with Crippen LogP contribution in [0.5, 0.6) is 17.2 Å². The molecule has 1 aromatic heterocycles. The second-order valence-corrected chi connectivity index (χ2v) is 7.61. The molecule has 0 radical (unpaired) electrons. The Kier molecular flexibility index (Phi) is 8.18. The fourth-order valence-corrected chi connectivity index (χ4v) is 3.04. The number of methoxy groups -OCH3 is 2. The molecule has 0 bridgehead atoms. The first-order valence-electron chi connectivity index (χ1n) is 10.3. The Bertz CT molecular complexity index is 1020. The Morgan fingerprint density at radius 3 is 2.41 bits per heavy atom. The zero-order valence-corrected chi connectivity index (χ0v) is 19.3. The second kappa shape index (κ2) is 11.1. The summed E-state index contributed by atoms with van der Waals surface area (Å²) in [6.07, 6.45) is 5.40. The Morgan fingerprint density at radius 2 is 1.88 bits per heavy atom. The number of hydrogen-bond acceptors (Lipinski definition) is 10. The summed E-state index contributed by atoms with van der Waals surface area (Å²) in [5, 5.41) is 2.90. The molecule has 0 amide bonds. The van der Waals surface area contributed by atoms with E-state index in [0.717, 1.165) is 6.07 Å². The molecule has 3 rings (SSSR count). The van der Waals surface area contributed by atoms with Crippen LogP contribution in [0, 0.1) is 11.6 Å². The van der Waals surface area contributed by atoms with Crippen LogP contribution < -0.4 is 25.3 Å². The standard InChI is InChI=1S/C22H27F2N5O5/c1-22(2)33-11-15(34-22)8-26-7-13(6-25)29-21-27-9-14(10-28-21)32-12-16-19(23)17(30-3)5-18(31-4)20(16)24/h5-7,9-10,15H,8,11-12,25H2,1-4H3,(H,27,28,29)/t15-/m0/s1. The van der Waals surface area contributed by atoms with E-state index in [0.29, 0.717) is 18.8 Å². The van der Waals surface area contributed by atoms with Gasteiger partial charge in [0.05, 0.1) is 51.0 Å². The smallest absolute Gasteiger partial charge is 0.227 e. The number of halogens is 2. The lowest BCUT2D eigenvalue weighted by Crippen LogP contribution is -2.22. The Balaban J connectivity index is 1.57. The van der Waals surface area contributed by atoms with Gasteiger partial charge in [-0.05, 0) is 13.8 Å². The normalized spacial score (nSPS) is 17.7. The van der Waals surface area contributed by atoms with Gasteiger partial charge in [0.1, 0.15) is 12.7 Å². The molecule has 0 spiro atoms. The average molecular weight is 479 g/mol. The van der Waals surface area contributed by atoms with Crippen LogP contribution in [0.1, 0.15) is 19.4 Å². The largest absolute Gasteiger partial charge is 0.494 e. The van der Waals surface area contributed by atoms with Crippen LogP contribution >= 0.6 is 0 Å². The first-order valence-corrected chi connectivity index (χ1v) is 10.3. The summed E-state index contributed by atoms with van der Waals surface area (Å²) < 4.78 is 55.3. The van der Waals surface area contributed by atoms with Crippen molar-refractivity contribution in [3.8, 4) is 17.2 Å². The zero-order chi connectivity index (χ0) is 24.7. The number of nitrogens with two attached hydrogens (primary N) is 1. The van der Waals surface area contributed by atoms with Crippen LogP contribution in [-0.2, 0) is 16.1 Å². The number of nitrogens with zero attached hydrogens (tertiary/aromatic N) is 3. The molecule has 12 heteroatoms. The summed E-state index contributed by atoms with van der Waals surface area (Å²) in [7, 11) is 2.54. The van der Waals surface area contributed by atoms with E-state index in [4.69, 9.17) is 29.4 Å². The van der Waals surface area contributed by atoms with E-state index in [1.165, 1.54) is 39.0 Å². The lowest BCUT2D eigenvalue weighted by atomic mass is 10.1. The van der Waals surface area contributed by atoms with Crippen molar-refractivity contribution in [3.05, 3.63) is 47.6 Å². The van der Waals surface area contributed by atoms with Crippen molar-refractivity contribution in [2.75, 3.05) is 32.7 Å². The minimum absolute atomic E-state index is 0.141. The van der Waals surface area contributed by atoms with Crippen LogP contribution in [0.2, 0.25) is 0 Å². The van der Waals surface area contributed by atoms with Crippen LogP contribution in [0.3, 0.4) is 0 Å². The van der Waals surface area contributed by atoms with Crippen molar-refractivity contribution in [2.45, 2.75) is 32.3 Å². The maximum Gasteiger partial charge on any atom is 0.227 e. The molecule has 3 N–H and O–H groups in total. The average Bonchev–Trinajstić information content (AvgIpc) is 3.17. The summed E-state index contributed by atoms with van der Waals surface area (Å²) in [5.41, 5.74) is 5.75. The second-order valence-electron chi connectivity index (χ2n) is 7.61. The molecule has 2 aromatic rings. The molecule has 0 unspecified atom stereocenters. The zero-order valence-electron chi connectivity index (χ0n) is 19.3. The van der Waals surface area contributed by atoms with Gasteiger partial charge in [0.15, 0.2) is 34.7 Å². The molecule has 1 fully saturated rings. The van der Waals surface area contributed by atoms with Crippen molar-refractivity contribution in [1.82, 2.24) is 9.97 Å². The minimum atomic E-state index is -0.879. The minimum Gasteiger partial charge on any atom is -0.494 e. The molecule has 0 saturated carbocycles. The van der Waals surface area contributed by atoms with Crippen LogP contribution in [0.4, 0.5) is 14.7 Å². The third kappa shape index (κ3) is 6.29. The molecule has 0 aliphatic carbocycles. The van der Waals surface area contributed by atoms with E-state index in [-0.39, 0.29) is 34.9 Å². The van der Waals surface area contributed by atoms with Gasteiger partial charge >= 0.3 is 0 Å². The molecule has 1 saturated heterocycles. The first kappa shape index (κ1) is 25.1. The first-order chi connectivity index (χ1) is 16.3. The predicted octanol–water partition coefficient (Wildman–Crippen LogP) is 2.79. The molecule has 1 atom stereocenters.